The summed E-state index contributed by atoms with van der Waals surface area (Å²) in [7, 11) is 0. The summed E-state index contributed by atoms with van der Waals surface area (Å²) in [4.78, 5) is 37.7. The molecule has 1 aliphatic carbocycles. The molecule has 1 heterocycles. The topological polar surface area (TPSA) is 99.5 Å². The Balaban J connectivity index is 2.06. The number of amides is 2. The molecule has 1 N–H and O–H groups in total. The van der Waals surface area contributed by atoms with E-state index in [1.165, 1.54) is 6.42 Å². The molecule has 0 spiro atoms. The summed E-state index contributed by atoms with van der Waals surface area (Å²) in [6.45, 7) is 1.01. The highest BCUT2D eigenvalue weighted by Crippen LogP contribution is 2.34. The van der Waals surface area contributed by atoms with E-state index in [9.17, 15) is 19.5 Å². The van der Waals surface area contributed by atoms with Crippen LogP contribution in [-0.2, 0) is 14.3 Å². The third-order valence-corrected chi connectivity index (χ3v) is 5.02. The largest absolute Gasteiger partial charge is 0.480 e. The van der Waals surface area contributed by atoms with Crippen molar-refractivity contribution in [2.75, 3.05) is 24.6 Å². The zero-order valence-electron chi connectivity index (χ0n) is 16.0. The van der Waals surface area contributed by atoms with Crippen LogP contribution in [0.15, 0.2) is 29.4 Å². The highest BCUT2D eigenvalue weighted by atomic mass is 16.5. The molecule has 0 atom stereocenters. The molecule has 8 heteroatoms. The Morgan fingerprint density at radius 3 is 2.57 bits per heavy atom. The van der Waals surface area contributed by atoms with Crippen LogP contribution in [0.4, 0.5) is 10.5 Å². The van der Waals surface area contributed by atoms with Gasteiger partial charge in [-0.05, 0) is 25.8 Å². The Bertz CT molecular complexity index is 786. The lowest BCUT2D eigenvalue weighted by Crippen LogP contribution is -2.44. The van der Waals surface area contributed by atoms with Crippen LogP contribution in [0.25, 0.3) is 0 Å². The van der Waals surface area contributed by atoms with Crippen molar-refractivity contribution in [3.05, 3.63) is 29.8 Å². The van der Waals surface area contributed by atoms with Gasteiger partial charge in [-0.15, -0.1) is 0 Å². The molecule has 1 saturated carbocycles. The van der Waals surface area contributed by atoms with E-state index in [4.69, 9.17) is 4.74 Å². The number of ether oxygens (including phenoxy) is 1. The Hall–Kier alpha value is -2.90. The minimum atomic E-state index is -1.14. The maximum Gasteiger partial charge on any atom is 0.346 e. The summed E-state index contributed by atoms with van der Waals surface area (Å²) >= 11 is 0. The van der Waals surface area contributed by atoms with Crippen molar-refractivity contribution in [2.24, 2.45) is 11.0 Å². The van der Waals surface area contributed by atoms with Gasteiger partial charge in [0.25, 0.3) is 0 Å². The quantitative estimate of drug-likeness (QED) is 0.757. The van der Waals surface area contributed by atoms with Crippen molar-refractivity contribution in [2.45, 2.75) is 39.0 Å². The summed E-state index contributed by atoms with van der Waals surface area (Å²) in [6, 6.07) is 6.55. The van der Waals surface area contributed by atoms with Crippen LogP contribution in [-0.4, -0.2) is 53.5 Å². The number of carbonyl (C=O) groups excluding carboxylic acids is 2. The molecule has 8 nitrogen and oxygen atoms in total. The molecule has 2 aliphatic rings. The van der Waals surface area contributed by atoms with Crippen LogP contribution < -0.4 is 4.90 Å². The van der Waals surface area contributed by atoms with E-state index in [0.717, 1.165) is 46.9 Å². The van der Waals surface area contributed by atoms with Crippen molar-refractivity contribution >= 4 is 29.4 Å². The molecule has 2 amide bonds. The van der Waals surface area contributed by atoms with Gasteiger partial charge >= 0.3 is 18.0 Å². The van der Waals surface area contributed by atoms with Crippen molar-refractivity contribution in [3.63, 3.8) is 0 Å². The van der Waals surface area contributed by atoms with E-state index in [-0.39, 0.29) is 19.1 Å². The molecule has 150 valence electrons. The van der Waals surface area contributed by atoms with Crippen LogP contribution >= 0.6 is 0 Å². The molecule has 1 fully saturated rings. The fourth-order valence-corrected chi connectivity index (χ4v) is 3.79. The van der Waals surface area contributed by atoms with Gasteiger partial charge in [-0.1, -0.05) is 37.5 Å². The number of nitrogens with zero attached hydrogens (tertiary/aromatic N) is 3. The smallest absolute Gasteiger partial charge is 0.346 e. The van der Waals surface area contributed by atoms with Crippen molar-refractivity contribution in [1.29, 1.82) is 0 Å². The van der Waals surface area contributed by atoms with Gasteiger partial charge in [-0.2, -0.15) is 5.10 Å². The van der Waals surface area contributed by atoms with E-state index in [2.05, 4.69) is 5.10 Å². The molecule has 1 aromatic rings. The highest BCUT2D eigenvalue weighted by molar-refractivity contribution is 6.12. The van der Waals surface area contributed by atoms with Crippen LogP contribution in [0.3, 0.4) is 0 Å². The van der Waals surface area contributed by atoms with E-state index in [0.29, 0.717) is 5.69 Å². The molecule has 1 aromatic carbocycles. The minimum absolute atomic E-state index is 0.164. The van der Waals surface area contributed by atoms with E-state index in [1.54, 1.807) is 19.1 Å². The zero-order chi connectivity index (χ0) is 20.1. The Morgan fingerprint density at radius 1 is 1.18 bits per heavy atom. The predicted molar refractivity (Wildman–Crippen MR) is 103 cm³/mol. The third kappa shape index (κ3) is 4.32. The van der Waals surface area contributed by atoms with Gasteiger partial charge in [0.15, 0.2) is 0 Å². The van der Waals surface area contributed by atoms with Crippen LogP contribution in [0.2, 0.25) is 0 Å². The minimum Gasteiger partial charge on any atom is -0.480 e. The van der Waals surface area contributed by atoms with E-state index < -0.39 is 24.5 Å². The summed E-state index contributed by atoms with van der Waals surface area (Å²) < 4.78 is 4.97. The summed E-state index contributed by atoms with van der Waals surface area (Å²) in [5.74, 6) is -1.55. The Kier molecular flexibility index (Phi) is 6.28. The Labute approximate surface area is 163 Å². The second-order valence-electron chi connectivity index (χ2n) is 6.96. The average molecular weight is 387 g/mol. The molecule has 0 aromatic heterocycles. The summed E-state index contributed by atoms with van der Waals surface area (Å²) in [5.41, 5.74) is 1.99. The van der Waals surface area contributed by atoms with Crippen molar-refractivity contribution < 1.29 is 24.2 Å². The molecular formula is C20H25N3O5. The number of para-hydroxylation sites is 1. The number of aliphatic carboxylic acids is 1. The lowest BCUT2D eigenvalue weighted by molar-refractivity contribution is -0.143. The van der Waals surface area contributed by atoms with Crippen LogP contribution in [0, 0.1) is 5.92 Å². The maximum absolute atomic E-state index is 13.1. The molecule has 0 saturated heterocycles. The standard InChI is InChI=1S/C20H25N3O5/c1-2-28-18(26)13-23-20(27)22(12-17(24)25)16-11-7-6-10-15(16)19(21-23)14-8-4-3-5-9-14/h6-7,10-11,14H,2-5,8-9,12-13H2,1H3,(H,24,25). The second kappa shape index (κ2) is 8.86. The van der Waals surface area contributed by atoms with Crippen LogP contribution in [0.5, 0.6) is 0 Å². The van der Waals surface area contributed by atoms with Crippen molar-refractivity contribution in [1.82, 2.24) is 5.01 Å². The average Bonchev–Trinajstić information content (AvgIpc) is 2.79. The van der Waals surface area contributed by atoms with Gasteiger partial charge in [-0.3, -0.25) is 14.5 Å². The maximum atomic E-state index is 13.1. The fourth-order valence-electron chi connectivity index (χ4n) is 3.79. The number of fused-ring (bicyclic) bond motifs is 1. The highest BCUT2D eigenvalue weighted by Gasteiger charge is 2.34. The predicted octanol–water partition coefficient (Wildman–Crippen LogP) is 2.86. The molecule has 0 unspecified atom stereocenters. The van der Waals surface area contributed by atoms with E-state index >= 15 is 0 Å². The molecular weight excluding hydrogens is 362 g/mol. The molecule has 3 rings (SSSR count). The first kappa shape index (κ1) is 19.9. The monoisotopic (exact) mass is 387 g/mol. The number of anilines is 1. The number of hydrazone groups is 1. The van der Waals surface area contributed by atoms with Gasteiger partial charge in [0.1, 0.15) is 13.1 Å². The first-order valence-corrected chi connectivity index (χ1v) is 9.65. The number of rotatable bonds is 6. The molecule has 28 heavy (non-hydrogen) atoms. The zero-order valence-corrected chi connectivity index (χ0v) is 16.0. The molecule has 1 aliphatic heterocycles. The second-order valence-corrected chi connectivity index (χ2v) is 6.96. The Morgan fingerprint density at radius 2 is 1.89 bits per heavy atom. The summed E-state index contributed by atoms with van der Waals surface area (Å²) in [6.07, 6.45) is 5.23. The van der Waals surface area contributed by atoms with E-state index in [1.807, 2.05) is 12.1 Å². The number of carbonyl (C=O) groups is 3. The van der Waals surface area contributed by atoms with Gasteiger partial charge in [0.05, 0.1) is 18.0 Å². The number of esters is 1. The number of carboxylic acids is 1. The van der Waals surface area contributed by atoms with Gasteiger partial charge in [0.2, 0.25) is 0 Å². The molecule has 0 radical (unpaired) electrons. The van der Waals surface area contributed by atoms with Gasteiger partial charge in [-0.25, -0.2) is 9.80 Å². The first-order valence-electron chi connectivity index (χ1n) is 9.65. The normalized spacial score (nSPS) is 17.6. The first-order chi connectivity index (χ1) is 13.5. The van der Waals surface area contributed by atoms with Gasteiger partial charge < -0.3 is 9.84 Å². The van der Waals surface area contributed by atoms with Gasteiger partial charge in [0, 0.05) is 11.5 Å². The van der Waals surface area contributed by atoms with Crippen LogP contribution in [0.1, 0.15) is 44.6 Å². The number of urea groups is 1. The third-order valence-electron chi connectivity index (χ3n) is 5.02. The number of benzene rings is 1. The fraction of sp³-hybridized carbons (Fsp3) is 0.500. The summed E-state index contributed by atoms with van der Waals surface area (Å²) in [5, 5.41) is 14.9. The lowest BCUT2D eigenvalue weighted by Gasteiger charge is -2.24. The van der Waals surface area contributed by atoms with Crippen molar-refractivity contribution in [3.8, 4) is 0 Å². The molecule has 0 bridgehead atoms. The SMILES string of the molecule is CCOC(=O)CN1N=C(C2CCCCC2)c2ccccc2N(CC(=O)O)C1=O. The number of carboxylic acid groups (broad SMARTS) is 1. The lowest BCUT2D eigenvalue weighted by atomic mass is 9.83. The number of hydrogen-bond acceptors (Lipinski definition) is 5. The number of hydrogen-bond donors (Lipinski definition) is 1.